The maximum atomic E-state index is 13.3. The summed E-state index contributed by atoms with van der Waals surface area (Å²) in [5.41, 5.74) is 0.536. The van der Waals surface area contributed by atoms with E-state index in [0.29, 0.717) is 17.9 Å². The normalized spacial score (nSPS) is 17.8. The molecule has 1 heterocycles. The van der Waals surface area contributed by atoms with Crippen molar-refractivity contribution in [1.29, 1.82) is 0 Å². The van der Waals surface area contributed by atoms with Crippen LogP contribution in [0.1, 0.15) is 24.8 Å². The minimum atomic E-state index is -0.266. The van der Waals surface area contributed by atoms with E-state index in [4.69, 9.17) is 0 Å². The van der Waals surface area contributed by atoms with Crippen molar-refractivity contribution in [3.63, 3.8) is 0 Å². The van der Waals surface area contributed by atoms with Gasteiger partial charge in [-0.1, -0.05) is 18.2 Å². The van der Waals surface area contributed by atoms with Crippen molar-refractivity contribution in [2.75, 3.05) is 13.1 Å². The molecule has 1 amide bonds. The SMILES string of the molecule is Cl.O=C(CCC1CCNC1)NCc1ccccc1F. The molecule has 0 radical (unpaired) electrons. The molecule has 0 spiro atoms. The summed E-state index contributed by atoms with van der Waals surface area (Å²) in [5, 5.41) is 6.04. The first kappa shape index (κ1) is 15.9. The fraction of sp³-hybridized carbons (Fsp3) is 0.500. The van der Waals surface area contributed by atoms with E-state index in [9.17, 15) is 9.18 Å². The average molecular weight is 287 g/mol. The predicted octanol–water partition coefficient (Wildman–Crippen LogP) is 2.25. The van der Waals surface area contributed by atoms with E-state index in [1.807, 2.05) is 0 Å². The number of amides is 1. The summed E-state index contributed by atoms with van der Waals surface area (Å²) >= 11 is 0. The summed E-state index contributed by atoms with van der Waals surface area (Å²) < 4.78 is 13.3. The fourth-order valence-corrected chi connectivity index (χ4v) is 2.22. The van der Waals surface area contributed by atoms with Crippen LogP contribution in [0.4, 0.5) is 4.39 Å². The monoisotopic (exact) mass is 286 g/mol. The summed E-state index contributed by atoms with van der Waals surface area (Å²) in [5.74, 6) is 0.354. The van der Waals surface area contributed by atoms with E-state index in [1.54, 1.807) is 18.2 Å². The second-order valence-corrected chi connectivity index (χ2v) is 4.77. The van der Waals surface area contributed by atoms with E-state index >= 15 is 0 Å². The quantitative estimate of drug-likeness (QED) is 0.872. The molecule has 1 unspecified atom stereocenters. The van der Waals surface area contributed by atoms with Crippen LogP contribution in [0.25, 0.3) is 0 Å². The predicted molar refractivity (Wildman–Crippen MR) is 75.7 cm³/mol. The largest absolute Gasteiger partial charge is 0.352 e. The van der Waals surface area contributed by atoms with Gasteiger partial charge in [0.25, 0.3) is 0 Å². The Bertz CT molecular complexity index is 408. The highest BCUT2D eigenvalue weighted by Crippen LogP contribution is 2.14. The third-order valence-corrected chi connectivity index (χ3v) is 3.38. The van der Waals surface area contributed by atoms with Crippen LogP contribution in [-0.4, -0.2) is 19.0 Å². The summed E-state index contributed by atoms with van der Waals surface area (Å²) in [6, 6.07) is 6.52. The topological polar surface area (TPSA) is 41.1 Å². The molecule has 1 aromatic rings. The Morgan fingerprint density at radius 3 is 2.89 bits per heavy atom. The summed E-state index contributed by atoms with van der Waals surface area (Å²) in [6.45, 7) is 2.34. The smallest absolute Gasteiger partial charge is 0.220 e. The van der Waals surface area contributed by atoms with Gasteiger partial charge in [-0.3, -0.25) is 4.79 Å². The fourth-order valence-electron chi connectivity index (χ4n) is 2.22. The molecule has 0 bridgehead atoms. The third kappa shape index (κ3) is 5.17. The molecule has 19 heavy (non-hydrogen) atoms. The van der Waals surface area contributed by atoms with Crippen LogP contribution in [0.3, 0.4) is 0 Å². The van der Waals surface area contributed by atoms with Crippen molar-refractivity contribution in [1.82, 2.24) is 10.6 Å². The number of rotatable bonds is 5. The van der Waals surface area contributed by atoms with Crippen LogP contribution in [-0.2, 0) is 11.3 Å². The van der Waals surface area contributed by atoms with Gasteiger partial charge in [-0.05, 0) is 37.9 Å². The zero-order valence-electron chi connectivity index (χ0n) is 10.8. The zero-order chi connectivity index (χ0) is 12.8. The highest BCUT2D eigenvalue weighted by molar-refractivity contribution is 5.85. The lowest BCUT2D eigenvalue weighted by Gasteiger charge is -2.09. The van der Waals surface area contributed by atoms with E-state index in [0.717, 1.165) is 25.9 Å². The van der Waals surface area contributed by atoms with Crippen molar-refractivity contribution in [2.24, 2.45) is 5.92 Å². The van der Waals surface area contributed by atoms with Crippen molar-refractivity contribution in [3.05, 3.63) is 35.6 Å². The Labute approximate surface area is 119 Å². The number of nitrogens with one attached hydrogen (secondary N) is 2. The summed E-state index contributed by atoms with van der Waals surface area (Å²) in [6.07, 6.45) is 2.59. The molecule has 1 aromatic carbocycles. The van der Waals surface area contributed by atoms with Gasteiger partial charge in [-0.15, -0.1) is 12.4 Å². The molecule has 2 N–H and O–H groups in total. The van der Waals surface area contributed by atoms with Crippen LogP contribution in [0.15, 0.2) is 24.3 Å². The second-order valence-electron chi connectivity index (χ2n) is 4.77. The maximum Gasteiger partial charge on any atom is 0.220 e. The van der Waals surface area contributed by atoms with E-state index in [2.05, 4.69) is 10.6 Å². The molecule has 0 saturated carbocycles. The molecule has 3 nitrogen and oxygen atoms in total. The lowest BCUT2D eigenvalue weighted by molar-refractivity contribution is -0.121. The molecule has 1 atom stereocenters. The Balaban J connectivity index is 0.00000180. The average Bonchev–Trinajstić information content (AvgIpc) is 2.88. The molecule has 2 rings (SSSR count). The number of hydrogen-bond acceptors (Lipinski definition) is 2. The van der Waals surface area contributed by atoms with Gasteiger partial charge in [0.2, 0.25) is 5.91 Å². The highest BCUT2D eigenvalue weighted by atomic mass is 35.5. The van der Waals surface area contributed by atoms with Crippen molar-refractivity contribution in [3.8, 4) is 0 Å². The molecule has 1 aliphatic rings. The Kier molecular flexibility index (Phi) is 6.81. The summed E-state index contributed by atoms with van der Waals surface area (Å²) in [7, 11) is 0. The Hall–Kier alpha value is -1.13. The first-order valence-corrected chi connectivity index (χ1v) is 6.46. The number of hydrogen-bond donors (Lipinski definition) is 2. The number of benzene rings is 1. The lowest BCUT2D eigenvalue weighted by atomic mass is 10.0. The van der Waals surface area contributed by atoms with Crippen LogP contribution in [0.5, 0.6) is 0 Å². The molecule has 1 saturated heterocycles. The number of carbonyl (C=O) groups excluding carboxylic acids is 1. The van der Waals surface area contributed by atoms with Crippen molar-refractivity contribution >= 4 is 18.3 Å². The molecule has 0 aliphatic carbocycles. The van der Waals surface area contributed by atoms with Gasteiger partial charge in [0.15, 0.2) is 0 Å². The van der Waals surface area contributed by atoms with Gasteiger partial charge < -0.3 is 10.6 Å². The van der Waals surface area contributed by atoms with Crippen LogP contribution in [0.2, 0.25) is 0 Å². The van der Waals surface area contributed by atoms with Gasteiger partial charge in [0, 0.05) is 18.5 Å². The molecule has 0 aromatic heterocycles. The highest BCUT2D eigenvalue weighted by Gasteiger charge is 2.15. The molecule has 1 fully saturated rings. The molecular weight excluding hydrogens is 267 g/mol. The van der Waals surface area contributed by atoms with Crippen LogP contribution >= 0.6 is 12.4 Å². The second kappa shape index (κ2) is 8.12. The van der Waals surface area contributed by atoms with Gasteiger partial charge in [-0.25, -0.2) is 4.39 Å². The van der Waals surface area contributed by atoms with E-state index < -0.39 is 0 Å². The van der Waals surface area contributed by atoms with Gasteiger partial charge >= 0.3 is 0 Å². The zero-order valence-corrected chi connectivity index (χ0v) is 11.6. The lowest BCUT2D eigenvalue weighted by Crippen LogP contribution is -2.24. The Morgan fingerprint density at radius 1 is 1.42 bits per heavy atom. The number of carbonyl (C=O) groups is 1. The molecule has 1 aliphatic heterocycles. The van der Waals surface area contributed by atoms with Gasteiger partial charge in [0.05, 0.1) is 0 Å². The number of halogens is 2. The Morgan fingerprint density at radius 2 is 2.21 bits per heavy atom. The standard InChI is InChI=1S/C14H19FN2O.ClH/c15-13-4-2-1-3-12(13)10-17-14(18)6-5-11-7-8-16-9-11;/h1-4,11,16H,5-10H2,(H,17,18);1H. The van der Waals surface area contributed by atoms with E-state index in [-0.39, 0.29) is 30.7 Å². The minimum Gasteiger partial charge on any atom is -0.352 e. The first-order chi connectivity index (χ1) is 8.75. The molecule has 5 heteroatoms. The van der Waals surface area contributed by atoms with Crippen molar-refractivity contribution in [2.45, 2.75) is 25.8 Å². The van der Waals surface area contributed by atoms with Crippen molar-refractivity contribution < 1.29 is 9.18 Å². The van der Waals surface area contributed by atoms with Gasteiger partial charge in [0.1, 0.15) is 5.82 Å². The van der Waals surface area contributed by atoms with Gasteiger partial charge in [-0.2, -0.15) is 0 Å². The first-order valence-electron chi connectivity index (χ1n) is 6.46. The molecular formula is C14H20ClFN2O. The van der Waals surface area contributed by atoms with Crippen LogP contribution in [0, 0.1) is 11.7 Å². The third-order valence-electron chi connectivity index (χ3n) is 3.38. The maximum absolute atomic E-state index is 13.3. The summed E-state index contributed by atoms with van der Waals surface area (Å²) in [4.78, 5) is 11.6. The van der Waals surface area contributed by atoms with E-state index in [1.165, 1.54) is 6.07 Å². The molecule has 106 valence electrons. The van der Waals surface area contributed by atoms with Crippen LogP contribution < -0.4 is 10.6 Å². The minimum absolute atomic E-state index is 0.